The third-order valence-corrected chi connectivity index (χ3v) is 6.74. The first kappa shape index (κ1) is 25.4. The molecule has 0 spiro atoms. The average molecular weight is 491 g/mol. The molecule has 0 bridgehead atoms. The van der Waals surface area contributed by atoms with E-state index in [-0.39, 0.29) is 31.0 Å². The minimum atomic E-state index is -0.672. The summed E-state index contributed by atoms with van der Waals surface area (Å²) in [6, 6.07) is 10.4. The fourth-order valence-electron chi connectivity index (χ4n) is 4.17. The van der Waals surface area contributed by atoms with Crippen LogP contribution in [0, 0.1) is 13.8 Å². The van der Waals surface area contributed by atoms with Gasteiger partial charge >= 0.3 is 0 Å². The van der Waals surface area contributed by atoms with Gasteiger partial charge < -0.3 is 15.0 Å². The molecular weight excluding hydrogens is 459 g/mol. The Morgan fingerprint density at radius 2 is 1.82 bits per heavy atom. The molecule has 0 unspecified atom stereocenters. The monoisotopic (exact) mass is 490 g/mol. The van der Waals surface area contributed by atoms with Crippen LogP contribution in [0.25, 0.3) is 0 Å². The lowest BCUT2D eigenvalue weighted by atomic mass is 9.95. The number of hydrogen-bond donors (Lipinski definition) is 1. The highest BCUT2D eigenvalue weighted by Gasteiger charge is 2.29. The van der Waals surface area contributed by atoms with Crippen molar-refractivity contribution < 1.29 is 14.3 Å². The van der Waals surface area contributed by atoms with E-state index < -0.39 is 6.04 Å². The van der Waals surface area contributed by atoms with Crippen molar-refractivity contribution >= 4 is 35.0 Å². The molecule has 0 heterocycles. The van der Waals surface area contributed by atoms with Gasteiger partial charge in [0.05, 0.1) is 0 Å². The summed E-state index contributed by atoms with van der Waals surface area (Å²) in [7, 11) is 0. The van der Waals surface area contributed by atoms with Crippen molar-refractivity contribution in [3.63, 3.8) is 0 Å². The van der Waals surface area contributed by atoms with Crippen molar-refractivity contribution in [2.24, 2.45) is 0 Å². The first-order chi connectivity index (χ1) is 15.7. The van der Waals surface area contributed by atoms with Gasteiger partial charge in [-0.25, -0.2) is 0 Å². The number of hydrogen-bond acceptors (Lipinski definition) is 3. The Hall–Kier alpha value is -2.24. The maximum Gasteiger partial charge on any atom is 0.261 e. The lowest BCUT2D eigenvalue weighted by Gasteiger charge is -2.31. The highest BCUT2D eigenvalue weighted by Crippen LogP contribution is 2.24. The first-order valence-corrected chi connectivity index (χ1v) is 12.2. The normalized spacial score (nSPS) is 15.1. The number of nitrogens with zero attached hydrogens (tertiary/aromatic N) is 1. The zero-order valence-corrected chi connectivity index (χ0v) is 21.0. The number of rotatable bonds is 8. The molecule has 33 heavy (non-hydrogen) atoms. The van der Waals surface area contributed by atoms with Crippen molar-refractivity contribution in [1.29, 1.82) is 0 Å². The van der Waals surface area contributed by atoms with Crippen LogP contribution < -0.4 is 10.1 Å². The van der Waals surface area contributed by atoms with Gasteiger partial charge in [-0.1, -0.05) is 66.2 Å². The molecule has 0 aromatic heterocycles. The number of carbonyl (C=O) groups is 2. The van der Waals surface area contributed by atoms with Gasteiger partial charge in [0, 0.05) is 22.6 Å². The second kappa shape index (κ2) is 11.8. The van der Waals surface area contributed by atoms with Gasteiger partial charge in [-0.05, 0) is 62.9 Å². The summed E-state index contributed by atoms with van der Waals surface area (Å²) in [4.78, 5) is 27.8. The quantitative estimate of drug-likeness (QED) is 0.504. The van der Waals surface area contributed by atoms with Crippen LogP contribution in [-0.2, 0) is 16.1 Å². The number of ether oxygens (including phenoxy) is 1. The Bertz CT molecular complexity index is 989. The molecule has 1 saturated carbocycles. The molecule has 0 radical (unpaired) electrons. The van der Waals surface area contributed by atoms with E-state index in [0.29, 0.717) is 15.8 Å². The Morgan fingerprint density at radius 3 is 2.48 bits per heavy atom. The van der Waals surface area contributed by atoms with Crippen LogP contribution in [0.15, 0.2) is 36.4 Å². The van der Waals surface area contributed by atoms with Gasteiger partial charge in [0.15, 0.2) is 6.61 Å². The second-order valence-electron chi connectivity index (χ2n) is 8.83. The molecule has 0 saturated heterocycles. The molecule has 2 aromatic carbocycles. The summed E-state index contributed by atoms with van der Waals surface area (Å²) < 4.78 is 5.82. The van der Waals surface area contributed by atoms with Gasteiger partial charge in [0.25, 0.3) is 5.91 Å². The fourth-order valence-corrected chi connectivity index (χ4v) is 4.64. The largest absolute Gasteiger partial charge is 0.483 e. The predicted molar refractivity (Wildman–Crippen MR) is 133 cm³/mol. The Kier molecular flexibility index (Phi) is 9.04. The molecule has 7 heteroatoms. The van der Waals surface area contributed by atoms with Crippen molar-refractivity contribution in [2.75, 3.05) is 6.61 Å². The van der Waals surface area contributed by atoms with E-state index in [4.69, 9.17) is 27.9 Å². The molecule has 3 rings (SSSR count). The maximum absolute atomic E-state index is 13.3. The molecule has 2 amide bonds. The summed E-state index contributed by atoms with van der Waals surface area (Å²) in [5.74, 6) is 0.205. The number of carbonyl (C=O) groups excluding carboxylic acids is 2. The van der Waals surface area contributed by atoms with Gasteiger partial charge in [-0.3, -0.25) is 9.59 Å². The number of halogens is 2. The number of benzene rings is 2. The molecule has 0 aliphatic heterocycles. The highest BCUT2D eigenvalue weighted by atomic mass is 35.5. The van der Waals surface area contributed by atoms with Crippen molar-refractivity contribution in [1.82, 2.24) is 10.2 Å². The summed E-state index contributed by atoms with van der Waals surface area (Å²) in [6.45, 7) is 5.71. The molecule has 178 valence electrons. The van der Waals surface area contributed by atoms with Crippen LogP contribution in [0.3, 0.4) is 0 Å². The van der Waals surface area contributed by atoms with Crippen molar-refractivity contribution in [3.05, 3.63) is 63.1 Å². The van der Waals surface area contributed by atoms with Crippen LogP contribution in [0.1, 0.15) is 55.7 Å². The third-order valence-electron chi connectivity index (χ3n) is 6.16. The minimum Gasteiger partial charge on any atom is -0.483 e. The number of amides is 2. The Morgan fingerprint density at radius 1 is 1.09 bits per heavy atom. The molecular formula is C26H32Cl2N2O3. The first-order valence-electron chi connectivity index (χ1n) is 11.5. The molecule has 1 aliphatic rings. The predicted octanol–water partition coefficient (Wildman–Crippen LogP) is 5.86. The standard InChI is InChI=1S/C26H32Cl2N2O3/c1-17-9-12-24(18(2)13-17)33-16-25(31)30(15-20-10-11-21(27)14-23(20)28)19(3)26(32)29-22-7-5-4-6-8-22/h9-14,19,22H,4-8,15-16H2,1-3H3,(H,29,32)/t19-/m1/s1. The maximum atomic E-state index is 13.3. The number of aryl methyl sites for hydroxylation is 2. The Labute approximate surface area is 206 Å². The average Bonchev–Trinajstić information content (AvgIpc) is 2.78. The zero-order chi connectivity index (χ0) is 24.0. The van der Waals surface area contributed by atoms with Crippen molar-refractivity contribution in [2.45, 2.75) is 71.5 Å². The smallest absolute Gasteiger partial charge is 0.261 e. The molecule has 1 fully saturated rings. The van der Waals surface area contributed by atoms with Crippen LogP contribution in [0.4, 0.5) is 0 Å². The van der Waals surface area contributed by atoms with Crippen LogP contribution in [-0.4, -0.2) is 35.4 Å². The van der Waals surface area contributed by atoms with Gasteiger partial charge in [0.2, 0.25) is 5.91 Å². The van der Waals surface area contributed by atoms with E-state index in [9.17, 15) is 9.59 Å². The fraction of sp³-hybridized carbons (Fsp3) is 0.462. The van der Waals surface area contributed by atoms with E-state index in [0.717, 1.165) is 42.4 Å². The third kappa shape index (κ3) is 7.12. The topological polar surface area (TPSA) is 58.6 Å². The Balaban J connectivity index is 1.75. The summed E-state index contributed by atoms with van der Waals surface area (Å²) >= 11 is 12.4. The summed E-state index contributed by atoms with van der Waals surface area (Å²) in [5, 5.41) is 4.10. The number of nitrogens with one attached hydrogen (secondary N) is 1. The van der Waals surface area contributed by atoms with Gasteiger partial charge in [-0.15, -0.1) is 0 Å². The second-order valence-corrected chi connectivity index (χ2v) is 9.68. The van der Waals surface area contributed by atoms with Crippen molar-refractivity contribution in [3.8, 4) is 5.75 Å². The molecule has 2 aromatic rings. The van der Waals surface area contributed by atoms with E-state index in [1.54, 1.807) is 25.1 Å². The van der Waals surface area contributed by atoms with E-state index in [1.807, 2.05) is 32.0 Å². The zero-order valence-electron chi connectivity index (χ0n) is 19.5. The molecule has 1 N–H and O–H groups in total. The summed E-state index contributed by atoms with van der Waals surface area (Å²) in [6.07, 6.45) is 5.39. The van der Waals surface area contributed by atoms with Gasteiger partial charge in [-0.2, -0.15) is 0 Å². The lowest BCUT2D eigenvalue weighted by Crippen LogP contribution is -2.51. The molecule has 1 aliphatic carbocycles. The van der Waals surface area contributed by atoms with Crippen LogP contribution in [0.5, 0.6) is 5.75 Å². The van der Waals surface area contributed by atoms with E-state index in [1.165, 1.54) is 11.3 Å². The van der Waals surface area contributed by atoms with E-state index in [2.05, 4.69) is 5.32 Å². The molecule has 5 nitrogen and oxygen atoms in total. The lowest BCUT2D eigenvalue weighted by molar-refractivity contribution is -0.142. The SMILES string of the molecule is Cc1ccc(OCC(=O)N(Cc2ccc(Cl)cc2Cl)[C@H](C)C(=O)NC2CCCCC2)c(C)c1. The minimum absolute atomic E-state index is 0.160. The summed E-state index contributed by atoms with van der Waals surface area (Å²) in [5.41, 5.74) is 2.80. The van der Waals surface area contributed by atoms with Crippen LogP contribution in [0.2, 0.25) is 10.0 Å². The van der Waals surface area contributed by atoms with Gasteiger partial charge in [0.1, 0.15) is 11.8 Å². The van der Waals surface area contributed by atoms with Crippen LogP contribution >= 0.6 is 23.2 Å². The molecule has 1 atom stereocenters. The van der Waals surface area contributed by atoms with E-state index >= 15 is 0 Å². The highest BCUT2D eigenvalue weighted by molar-refractivity contribution is 6.35.